The average molecular weight is 218 g/mol. The molecule has 0 saturated heterocycles. The van der Waals surface area contributed by atoms with Crippen LogP contribution in [0.1, 0.15) is 38.7 Å². The summed E-state index contributed by atoms with van der Waals surface area (Å²) < 4.78 is 0. The molecule has 16 heavy (non-hydrogen) atoms. The summed E-state index contributed by atoms with van der Waals surface area (Å²) >= 11 is 0. The van der Waals surface area contributed by atoms with Crippen LogP contribution in [0.25, 0.3) is 0 Å². The van der Waals surface area contributed by atoms with E-state index in [-0.39, 0.29) is 0 Å². The van der Waals surface area contributed by atoms with Gasteiger partial charge in [-0.2, -0.15) is 0 Å². The van der Waals surface area contributed by atoms with Crippen LogP contribution in [0.5, 0.6) is 0 Å². The van der Waals surface area contributed by atoms with Crippen molar-refractivity contribution >= 4 is 5.82 Å². The van der Waals surface area contributed by atoms with Gasteiger partial charge in [0.1, 0.15) is 5.82 Å². The summed E-state index contributed by atoms with van der Waals surface area (Å²) in [5.74, 6) is 2.73. The van der Waals surface area contributed by atoms with Gasteiger partial charge in [-0.15, -0.1) is 0 Å². The fourth-order valence-electron chi connectivity index (χ4n) is 2.44. The lowest BCUT2D eigenvalue weighted by atomic mass is 9.79. The van der Waals surface area contributed by atoms with Crippen molar-refractivity contribution in [3.63, 3.8) is 0 Å². The first-order valence-corrected chi connectivity index (χ1v) is 6.34. The molecule has 0 spiro atoms. The van der Waals surface area contributed by atoms with Crippen molar-refractivity contribution in [3.8, 4) is 0 Å². The fourth-order valence-corrected chi connectivity index (χ4v) is 2.44. The molecule has 2 heteroatoms. The fraction of sp³-hybridized carbons (Fsp3) is 0.643. The minimum atomic E-state index is 0.612. The van der Waals surface area contributed by atoms with E-state index in [1.807, 2.05) is 6.20 Å². The number of anilines is 1. The number of aryl methyl sites for hydroxylation is 1. The Hall–Kier alpha value is -1.05. The molecule has 0 bridgehead atoms. The standard InChI is InChI=1S/C14H22N2/c1-10-4-7-14(15-9-10)16-13-6-5-11(2)12(3)8-13/h4,7,9,11-13H,5-6,8H2,1-3H3,(H,15,16). The zero-order valence-corrected chi connectivity index (χ0v) is 10.5. The monoisotopic (exact) mass is 218 g/mol. The van der Waals surface area contributed by atoms with Gasteiger partial charge < -0.3 is 5.32 Å². The van der Waals surface area contributed by atoms with Gasteiger partial charge in [-0.1, -0.05) is 19.9 Å². The van der Waals surface area contributed by atoms with E-state index in [9.17, 15) is 0 Å². The van der Waals surface area contributed by atoms with E-state index in [4.69, 9.17) is 0 Å². The molecule has 2 nitrogen and oxygen atoms in total. The Balaban J connectivity index is 1.93. The van der Waals surface area contributed by atoms with E-state index < -0.39 is 0 Å². The van der Waals surface area contributed by atoms with Crippen LogP contribution in [0.3, 0.4) is 0 Å². The van der Waals surface area contributed by atoms with Crippen molar-refractivity contribution in [1.82, 2.24) is 4.98 Å². The summed E-state index contributed by atoms with van der Waals surface area (Å²) in [5, 5.41) is 3.55. The summed E-state index contributed by atoms with van der Waals surface area (Å²) in [7, 11) is 0. The Morgan fingerprint density at radius 1 is 1.19 bits per heavy atom. The van der Waals surface area contributed by atoms with Gasteiger partial charge in [0.25, 0.3) is 0 Å². The molecule has 3 atom stereocenters. The summed E-state index contributed by atoms with van der Waals surface area (Å²) in [4.78, 5) is 4.41. The van der Waals surface area contributed by atoms with Crippen LogP contribution in [0.15, 0.2) is 18.3 Å². The van der Waals surface area contributed by atoms with Crippen LogP contribution in [0.2, 0.25) is 0 Å². The highest BCUT2D eigenvalue weighted by Gasteiger charge is 2.24. The van der Waals surface area contributed by atoms with E-state index >= 15 is 0 Å². The zero-order chi connectivity index (χ0) is 11.5. The number of nitrogens with zero attached hydrogens (tertiary/aromatic N) is 1. The molecule has 1 fully saturated rings. The summed E-state index contributed by atoms with van der Waals surface area (Å²) in [6, 6.07) is 4.81. The summed E-state index contributed by atoms with van der Waals surface area (Å²) in [6.45, 7) is 6.80. The molecule has 2 rings (SSSR count). The highest BCUT2D eigenvalue weighted by Crippen LogP contribution is 2.30. The van der Waals surface area contributed by atoms with E-state index in [0.717, 1.165) is 17.7 Å². The van der Waals surface area contributed by atoms with Gasteiger partial charge in [0, 0.05) is 12.2 Å². The van der Waals surface area contributed by atoms with Gasteiger partial charge in [-0.05, 0) is 49.7 Å². The second-order valence-corrected chi connectivity index (χ2v) is 5.33. The van der Waals surface area contributed by atoms with Crippen LogP contribution in [0.4, 0.5) is 5.82 Å². The molecule has 0 radical (unpaired) electrons. The van der Waals surface area contributed by atoms with E-state index in [0.29, 0.717) is 6.04 Å². The topological polar surface area (TPSA) is 24.9 Å². The minimum Gasteiger partial charge on any atom is -0.367 e. The molecule has 1 N–H and O–H groups in total. The lowest BCUT2D eigenvalue weighted by molar-refractivity contribution is 0.260. The first-order valence-electron chi connectivity index (χ1n) is 6.34. The van der Waals surface area contributed by atoms with Crippen molar-refractivity contribution in [2.45, 2.75) is 46.1 Å². The number of pyridine rings is 1. The smallest absolute Gasteiger partial charge is 0.126 e. The second kappa shape index (κ2) is 4.86. The van der Waals surface area contributed by atoms with Crippen molar-refractivity contribution in [1.29, 1.82) is 0 Å². The SMILES string of the molecule is Cc1ccc(NC2CCC(C)C(C)C2)nc1. The number of hydrogen-bond acceptors (Lipinski definition) is 2. The predicted molar refractivity (Wildman–Crippen MR) is 68.6 cm³/mol. The third-order valence-electron chi connectivity index (χ3n) is 3.86. The van der Waals surface area contributed by atoms with Crippen LogP contribution < -0.4 is 5.32 Å². The average Bonchev–Trinajstić information content (AvgIpc) is 2.27. The van der Waals surface area contributed by atoms with Gasteiger partial charge in [-0.3, -0.25) is 0 Å². The molecular weight excluding hydrogens is 196 g/mol. The van der Waals surface area contributed by atoms with Crippen molar-refractivity contribution in [3.05, 3.63) is 23.9 Å². The molecule has 88 valence electrons. The Morgan fingerprint density at radius 2 is 2.00 bits per heavy atom. The molecule has 1 saturated carbocycles. The minimum absolute atomic E-state index is 0.612. The maximum Gasteiger partial charge on any atom is 0.126 e. The summed E-state index contributed by atoms with van der Waals surface area (Å²) in [6.07, 6.45) is 5.82. The van der Waals surface area contributed by atoms with Gasteiger partial charge in [0.15, 0.2) is 0 Å². The van der Waals surface area contributed by atoms with Gasteiger partial charge in [0.05, 0.1) is 0 Å². The van der Waals surface area contributed by atoms with Crippen LogP contribution in [-0.4, -0.2) is 11.0 Å². The Bertz CT molecular complexity index is 331. The third kappa shape index (κ3) is 2.75. The maximum absolute atomic E-state index is 4.41. The normalized spacial score (nSPS) is 30.1. The van der Waals surface area contributed by atoms with Gasteiger partial charge >= 0.3 is 0 Å². The first-order chi connectivity index (χ1) is 7.65. The lowest BCUT2D eigenvalue weighted by Crippen LogP contribution is -2.30. The number of hydrogen-bond donors (Lipinski definition) is 1. The molecule has 1 heterocycles. The van der Waals surface area contributed by atoms with Gasteiger partial charge in [-0.25, -0.2) is 4.98 Å². The van der Waals surface area contributed by atoms with E-state index in [1.54, 1.807) is 0 Å². The third-order valence-corrected chi connectivity index (χ3v) is 3.86. The molecule has 0 aliphatic heterocycles. The number of nitrogens with one attached hydrogen (secondary N) is 1. The Labute approximate surface area is 98.5 Å². The molecule has 3 unspecified atom stereocenters. The van der Waals surface area contributed by atoms with Crippen LogP contribution >= 0.6 is 0 Å². The molecule has 1 aliphatic carbocycles. The first kappa shape index (κ1) is 11.4. The van der Waals surface area contributed by atoms with Crippen LogP contribution in [-0.2, 0) is 0 Å². The van der Waals surface area contributed by atoms with Crippen molar-refractivity contribution in [2.24, 2.45) is 11.8 Å². The molecule has 1 aromatic rings. The number of aromatic nitrogens is 1. The maximum atomic E-state index is 4.41. The highest BCUT2D eigenvalue weighted by molar-refractivity contribution is 5.36. The Morgan fingerprint density at radius 3 is 2.62 bits per heavy atom. The number of rotatable bonds is 2. The van der Waals surface area contributed by atoms with Crippen LogP contribution in [0, 0.1) is 18.8 Å². The van der Waals surface area contributed by atoms with E-state index in [2.05, 4.69) is 43.2 Å². The molecule has 0 aromatic carbocycles. The van der Waals surface area contributed by atoms with Crippen molar-refractivity contribution in [2.75, 3.05) is 5.32 Å². The molecule has 1 aromatic heterocycles. The lowest BCUT2D eigenvalue weighted by Gasteiger charge is -2.32. The molecule has 1 aliphatic rings. The van der Waals surface area contributed by atoms with Gasteiger partial charge in [0.2, 0.25) is 0 Å². The quantitative estimate of drug-likeness (QED) is 0.820. The van der Waals surface area contributed by atoms with Crippen molar-refractivity contribution < 1.29 is 0 Å². The highest BCUT2D eigenvalue weighted by atomic mass is 15.0. The zero-order valence-electron chi connectivity index (χ0n) is 10.5. The molecular formula is C14H22N2. The molecule has 0 amide bonds. The summed E-state index contributed by atoms with van der Waals surface area (Å²) in [5.41, 5.74) is 1.22. The Kier molecular flexibility index (Phi) is 3.47. The second-order valence-electron chi connectivity index (χ2n) is 5.33. The van der Waals surface area contributed by atoms with E-state index in [1.165, 1.54) is 24.8 Å². The largest absolute Gasteiger partial charge is 0.367 e. The predicted octanol–water partition coefficient (Wildman–Crippen LogP) is 3.63.